The van der Waals surface area contributed by atoms with E-state index in [-0.39, 0.29) is 18.2 Å². The number of methoxy groups -OCH3 is 1. The van der Waals surface area contributed by atoms with Crippen molar-refractivity contribution in [2.45, 2.75) is 24.3 Å². The summed E-state index contributed by atoms with van der Waals surface area (Å²) in [6.45, 7) is -0.150. The molecule has 0 radical (unpaired) electrons. The minimum absolute atomic E-state index is 0.150. The van der Waals surface area contributed by atoms with E-state index >= 15 is 0 Å². The van der Waals surface area contributed by atoms with Crippen LogP contribution in [0.15, 0.2) is 17.3 Å². The van der Waals surface area contributed by atoms with E-state index in [1.807, 2.05) is 0 Å². The highest BCUT2D eigenvalue weighted by molar-refractivity contribution is 5.78. The van der Waals surface area contributed by atoms with Crippen molar-refractivity contribution in [3.8, 4) is 0 Å². The molecule has 5 N–H and O–H groups in total. The maximum atomic E-state index is 11.7. The van der Waals surface area contributed by atoms with E-state index in [1.54, 1.807) is 6.20 Å². The number of nitrogens with zero attached hydrogens (tertiary/aromatic N) is 1. The molecule has 2 aromatic heterocycles. The normalized spacial score (nSPS) is 30.1. The lowest BCUT2D eigenvalue weighted by molar-refractivity contribution is -0.0114. The molecular formula is C12H16N4O4. The van der Waals surface area contributed by atoms with Gasteiger partial charge in [-0.25, -0.2) is 4.98 Å². The molecule has 1 fully saturated rings. The predicted molar refractivity (Wildman–Crippen MR) is 70.3 cm³/mol. The van der Waals surface area contributed by atoms with Crippen LogP contribution in [-0.4, -0.2) is 57.1 Å². The zero-order chi connectivity index (χ0) is 14.3. The second kappa shape index (κ2) is 4.98. The van der Waals surface area contributed by atoms with E-state index in [4.69, 9.17) is 4.74 Å². The number of rotatable bonds is 3. The largest absolute Gasteiger partial charge is 0.395 e. The van der Waals surface area contributed by atoms with Gasteiger partial charge in [0.15, 0.2) is 0 Å². The number of aromatic nitrogens is 3. The minimum Gasteiger partial charge on any atom is -0.395 e. The number of hydrogen-bond acceptors (Lipinski definition) is 6. The van der Waals surface area contributed by atoms with E-state index in [2.05, 4.69) is 20.3 Å². The van der Waals surface area contributed by atoms with Crippen LogP contribution in [0, 0.1) is 0 Å². The molecule has 0 bridgehead atoms. The van der Waals surface area contributed by atoms with Crippen LogP contribution >= 0.6 is 0 Å². The number of nitrogens with one attached hydrogen (secondary N) is 3. The quantitative estimate of drug-likeness (QED) is 0.473. The molecule has 8 heteroatoms. The number of ether oxygens (including phenoxy) is 1. The predicted octanol–water partition coefficient (Wildman–Crippen LogP) is -1.37. The van der Waals surface area contributed by atoms with Crippen molar-refractivity contribution in [2.75, 3.05) is 13.7 Å². The summed E-state index contributed by atoms with van der Waals surface area (Å²) in [4.78, 5) is 21.1. The van der Waals surface area contributed by atoms with Crippen LogP contribution in [0.1, 0.15) is 11.6 Å². The van der Waals surface area contributed by atoms with Gasteiger partial charge in [0.25, 0.3) is 5.56 Å². The first-order valence-corrected chi connectivity index (χ1v) is 6.29. The van der Waals surface area contributed by atoms with Crippen LogP contribution in [-0.2, 0) is 4.74 Å². The molecular weight excluding hydrogens is 264 g/mol. The first-order valence-electron chi connectivity index (χ1n) is 6.29. The highest BCUT2D eigenvalue weighted by Gasteiger charge is 2.43. The Morgan fingerprint density at radius 2 is 2.25 bits per heavy atom. The van der Waals surface area contributed by atoms with E-state index < -0.39 is 18.2 Å². The van der Waals surface area contributed by atoms with E-state index in [0.29, 0.717) is 16.6 Å². The van der Waals surface area contributed by atoms with Crippen molar-refractivity contribution >= 4 is 11.0 Å². The first kappa shape index (κ1) is 13.3. The van der Waals surface area contributed by atoms with Crippen molar-refractivity contribution in [3.05, 3.63) is 28.4 Å². The Morgan fingerprint density at radius 1 is 1.45 bits per heavy atom. The third kappa shape index (κ3) is 1.85. The fourth-order valence-electron chi connectivity index (χ4n) is 2.79. The summed E-state index contributed by atoms with van der Waals surface area (Å²) >= 11 is 0. The number of aliphatic hydroxyl groups is 2. The van der Waals surface area contributed by atoms with Gasteiger partial charge in [0, 0.05) is 18.9 Å². The number of fused-ring (bicyclic) bond motifs is 1. The second-order valence-electron chi connectivity index (χ2n) is 4.82. The molecule has 1 saturated heterocycles. The molecule has 3 rings (SSSR count). The monoisotopic (exact) mass is 280 g/mol. The zero-order valence-electron chi connectivity index (χ0n) is 10.8. The first-order chi connectivity index (χ1) is 9.67. The lowest BCUT2D eigenvalue weighted by Crippen LogP contribution is -2.37. The number of hydrogen-bond donors (Lipinski definition) is 5. The summed E-state index contributed by atoms with van der Waals surface area (Å²) in [7, 11) is 1.48. The maximum Gasteiger partial charge on any atom is 0.275 e. The Balaban J connectivity index is 2.04. The van der Waals surface area contributed by atoms with E-state index in [9.17, 15) is 15.0 Å². The van der Waals surface area contributed by atoms with Gasteiger partial charge in [0.05, 0.1) is 25.0 Å². The average molecular weight is 280 g/mol. The molecule has 4 atom stereocenters. The molecule has 0 amide bonds. The highest BCUT2D eigenvalue weighted by atomic mass is 16.5. The lowest BCUT2D eigenvalue weighted by Gasteiger charge is -2.18. The SMILES string of the molecule is CO[C@H]1[C@@H](O)[C@H](c2c[nH]c3c(=O)[nH]cnc23)N[C@@H]1CO. The van der Waals surface area contributed by atoms with Gasteiger partial charge < -0.3 is 30.2 Å². The van der Waals surface area contributed by atoms with E-state index in [0.717, 1.165) is 0 Å². The van der Waals surface area contributed by atoms with Gasteiger partial charge in [0.1, 0.15) is 23.2 Å². The third-order valence-electron chi connectivity index (χ3n) is 3.77. The van der Waals surface area contributed by atoms with Gasteiger partial charge >= 0.3 is 0 Å². The van der Waals surface area contributed by atoms with Crippen LogP contribution < -0.4 is 10.9 Å². The van der Waals surface area contributed by atoms with Crippen molar-refractivity contribution in [1.82, 2.24) is 20.3 Å². The molecule has 0 saturated carbocycles. The Kier molecular flexibility index (Phi) is 3.30. The molecule has 0 aromatic carbocycles. The standard InChI is InChI=1S/C12H16N4O4/c1-20-11-6(3-17)16-8(10(11)18)5-2-13-9-7(5)14-4-15-12(9)19/h2,4,6,8,10-11,13,16-18H,3H2,1H3,(H,14,15,19)/t6-,8+,10+,11-/m1/s1. The van der Waals surface area contributed by atoms with Crippen LogP contribution in [0.3, 0.4) is 0 Å². The average Bonchev–Trinajstić information content (AvgIpc) is 3.00. The van der Waals surface area contributed by atoms with Crippen LogP contribution in [0.4, 0.5) is 0 Å². The van der Waals surface area contributed by atoms with Crippen molar-refractivity contribution in [3.63, 3.8) is 0 Å². The highest BCUT2D eigenvalue weighted by Crippen LogP contribution is 2.31. The van der Waals surface area contributed by atoms with Gasteiger partial charge in [-0.1, -0.05) is 0 Å². The molecule has 1 aliphatic rings. The summed E-state index contributed by atoms with van der Waals surface area (Å²) in [6.07, 6.45) is 1.61. The fourth-order valence-corrected chi connectivity index (χ4v) is 2.79. The van der Waals surface area contributed by atoms with E-state index in [1.165, 1.54) is 13.4 Å². The minimum atomic E-state index is -0.836. The third-order valence-corrected chi connectivity index (χ3v) is 3.77. The van der Waals surface area contributed by atoms with Crippen molar-refractivity contribution in [2.24, 2.45) is 0 Å². The topological polar surface area (TPSA) is 123 Å². The fraction of sp³-hybridized carbons (Fsp3) is 0.500. The molecule has 0 spiro atoms. The summed E-state index contributed by atoms with van der Waals surface area (Å²) < 4.78 is 5.22. The van der Waals surface area contributed by atoms with Crippen LogP contribution in [0.5, 0.6) is 0 Å². The maximum absolute atomic E-state index is 11.7. The molecule has 2 aromatic rings. The number of aromatic amines is 2. The molecule has 1 aliphatic heterocycles. The Labute approximate surface area is 113 Å². The Bertz CT molecular complexity index is 667. The second-order valence-corrected chi connectivity index (χ2v) is 4.82. The molecule has 8 nitrogen and oxygen atoms in total. The van der Waals surface area contributed by atoms with Gasteiger partial charge in [-0.3, -0.25) is 4.79 Å². The van der Waals surface area contributed by atoms with Crippen LogP contribution in [0.25, 0.3) is 11.0 Å². The van der Waals surface area contributed by atoms with Crippen molar-refractivity contribution < 1.29 is 14.9 Å². The number of H-pyrrole nitrogens is 2. The number of aliphatic hydroxyl groups excluding tert-OH is 2. The summed E-state index contributed by atoms with van der Waals surface area (Å²) in [6, 6.07) is -0.827. The molecule has 20 heavy (non-hydrogen) atoms. The smallest absolute Gasteiger partial charge is 0.275 e. The van der Waals surface area contributed by atoms with Crippen LogP contribution in [0.2, 0.25) is 0 Å². The molecule has 3 heterocycles. The van der Waals surface area contributed by atoms with Gasteiger partial charge in [-0.15, -0.1) is 0 Å². The molecule has 108 valence electrons. The van der Waals surface area contributed by atoms with Gasteiger partial charge in [0.2, 0.25) is 0 Å². The summed E-state index contributed by atoms with van der Waals surface area (Å²) in [5, 5.41) is 22.8. The van der Waals surface area contributed by atoms with Crippen molar-refractivity contribution in [1.29, 1.82) is 0 Å². The molecule has 0 unspecified atom stereocenters. The summed E-state index contributed by atoms with van der Waals surface area (Å²) in [5.41, 5.74) is 1.27. The van der Waals surface area contributed by atoms with Gasteiger partial charge in [-0.2, -0.15) is 0 Å². The van der Waals surface area contributed by atoms with Gasteiger partial charge in [-0.05, 0) is 0 Å². The Hall–Kier alpha value is -1.74. The molecule has 0 aliphatic carbocycles. The lowest BCUT2D eigenvalue weighted by atomic mass is 10.0. The zero-order valence-corrected chi connectivity index (χ0v) is 10.8. The summed E-state index contributed by atoms with van der Waals surface area (Å²) in [5.74, 6) is 0. The Morgan fingerprint density at radius 3 is 2.90 bits per heavy atom.